The van der Waals surface area contributed by atoms with Crippen molar-refractivity contribution in [3.63, 3.8) is 0 Å². The Morgan fingerprint density at radius 1 is 1.10 bits per heavy atom. The summed E-state index contributed by atoms with van der Waals surface area (Å²) in [5, 5.41) is 29.0. The van der Waals surface area contributed by atoms with Gasteiger partial charge in [0.1, 0.15) is 0 Å². The maximum absolute atomic E-state index is 12.9. The number of nitrogens with one attached hydrogen (secondary N) is 2. The van der Waals surface area contributed by atoms with E-state index in [-0.39, 0.29) is 11.7 Å². The van der Waals surface area contributed by atoms with E-state index in [1.165, 1.54) is 25.1 Å². The Balaban J connectivity index is 1.32. The number of benzene rings is 4. The number of phenols is 1. The van der Waals surface area contributed by atoms with Crippen molar-refractivity contribution in [2.45, 2.75) is 23.9 Å². The lowest BCUT2D eigenvalue weighted by Gasteiger charge is -2.14. The number of amides is 1. The topological polar surface area (TPSA) is 114 Å². The summed E-state index contributed by atoms with van der Waals surface area (Å²) < 4.78 is 7.81. The molecule has 208 valence electrons. The van der Waals surface area contributed by atoms with Crippen molar-refractivity contribution in [2.24, 2.45) is 5.10 Å². The van der Waals surface area contributed by atoms with Crippen molar-refractivity contribution in [3.05, 3.63) is 101 Å². The number of thioether (sulfide) groups is 1. The SMILES string of the molecule is COc1cc(Br)cc(/C=N\NC(=O)[C@H](C)Sc2nnc(CNc3cccc4ccccc34)n2-c2ccccc2)c1O. The number of aromatic hydroxyl groups is 1. The minimum atomic E-state index is -0.539. The van der Waals surface area contributed by atoms with Gasteiger partial charge in [0, 0.05) is 26.8 Å². The molecule has 4 aromatic carbocycles. The van der Waals surface area contributed by atoms with E-state index in [9.17, 15) is 9.90 Å². The number of hydrogen-bond donors (Lipinski definition) is 3. The first-order chi connectivity index (χ1) is 19.9. The molecule has 0 unspecified atom stereocenters. The van der Waals surface area contributed by atoms with Crippen LogP contribution in [-0.4, -0.2) is 44.4 Å². The Kier molecular flexibility index (Phi) is 8.85. The van der Waals surface area contributed by atoms with E-state index in [1.807, 2.05) is 59.2 Å². The average Bonchev–Trinajstić information content (AvgIpc) is 3.39. The molecular weight excluding hydrogens is 604 g/mol. The van der Waals surface area contributed by atoms with E-state index in [0.29, 0.717) is 33.3 Å². The van der Waals surface area contributed by atoms with Crippen LogP contribution in [0.3, 0.4) is 0 Å². The van der Waals surface area contributed by atoms with Gasteiger partial charge in [-0.25, -0.2) is 5.43 Å². The Hall–Kier alpha value is -4.35. The number of hydrogen-bond acceptors (Lipinski definition) is 8. The molecule has 0 fully saturated rings. The van der Waals surface area contributed by atoms with Gasteiger partial charge in [-0.05, 0) is 42.6 Å². The number of carbonyl (C=O) groups is 1. The fourth-order valence-electron chi connectivity index (χ4n) is 4.20. The van der Waals surface area contributed by atoms with E-state index in [0.717, 1.165) is 22.1 Å². The highest BCUT2D eigenvalue weighted by Gasteiger charge is 2.21. The highest BCUT2D eigenvalue weighted by atomic mass is 79.9. The number of methoxy groups -OCH3 is 1. The van der Waals surface area contributed by atoms with Crippen molar-refractivity contribution in [1.29, 1.82) is 0 Å². The molecule has 0 bridgehead atoms. The summed E-state index contributed by atoms with van der Waals surface area (Å²) in [5.74, 6) is 0.598. The first kappa shape index (κ1) is 28.2. The van der Waals surface area contributed by atoms with Crippen LogP contribution in [0.4, 0.5) is 5.69 Å². The molecule has 1 aromatic heterocycles. The van der Waals surface area contributed by atoms with Gasteiger partial charge in [0.15, 0.2) is 22.5 Å². The summed E-state index contributed by atoms with van der Waals surface area (Å²) in [7, 11) is 1.46. The number of hydrazone groups is 1. The second-order valence-electron chi connectivity index (χ2n) is 8.99. The summed E-state index contributed by atoms with van der Waals surface area (Å²) >= 11 is 4.64. The number of anilines is 1. The lowest BCUT2D eigenvalue weighted by molar-refractivity contribution is -0.120. The lowest BCUT2D eigenvalue weighted by Crippen LogP contribution is -2.27. The van der Waals surface area contributed by atoms with Gasteiger partial charge in [0.25, 0.3) is 5.91 Å². The summed E-state index contributed by atoms with van der Waals surface area (Å²) in [6, 6.07) is 27.4. The Morgan fingerprint density at radius 2 is 1.85 bits per heavy atom. The number of carbonyl (C=O) groups excluding carboxylic acids is 1. The van der Waals surface area contributed by atoms with Gasteiger partial charge in [-0.1, -0.05) is 82.3 Å². The minimum absolute atomic E-state index is 0.0725. The van der Waals surface area contributed by atoms with Crippen LogP contribution in [-0.2, 0) is 11.3 Å². The monoisotopic (exact) mass is 630 g/mol. The summed E-state index contributed by atoms with van der Waals surface area (Å²) in [4.78, 5) is 12.9. The van der Waals surface area contributed by atoms with Gasteiger partial charge in [0.05, 0.1) is 25.1 Å². The van der Waals surface area contributed by atoms with Gasteiger partial charge < -0.3 is 15.2 Å². The largest absolute Gasteiger partial charge is 0.504 e. The zero-order valence-corrected chi connectivity index (χ0v) is 24.7. The second-order valence-corrected chi connectivity index (χ2v) is 11.2. The van der Waals surface area contributed by atoms with Gasteiger partial charge in [-0.2, -0.15) is 5.10 Å². The molecule has 5 aromatic rings. The van der Waals surface area contributed by atoms with E-state index in [1.54, 1.807) is 19.1 Å². The molecular formula is C30H27BrN6O3S. The quantitative estimate of drug-likeness (QED) is 0.0964. The summed E-state index contributed by atoms with van der Waals surface area (Å²) in [5.41, 5.74) is 4.82. The number of fused-ring (bicyclic) bond motifs is 1. The van der Waals surface area contributed by atoms with Crippen LogP contribution in [0.25, 0.3) is 16.5 Å². The molecule has 0 aliphatic rings. The number of para-hydroxylation sites is 1. The van der Waals surface area contributed by atoms with E-state index in [2.05, 4.69) is 60.2 Å². The smallest absolute Gasteiger partial charge is 0.253 e. The fraction of sp³-hybridized carbons (Fsp3) is 0.133. The highest BCUT2D eigenvalue weighted by Crippen LogP contribution is 2.32. The maximum Gasteiger partial charge on any atom is 0.253 e. The van der Waals surface area contributed by atoms with E-state index in [4.69, 9.17) is 4.74 Å². The average molecular weight is 632 g/mol. The van der Waals surface area contributed by atoms with Crippen molar-refractivity contribution < 1.29 is 14.6 Å². The molecule has 0 saturated heterocycles. The van der Waals surface area contributed by atoms with Crippen LogP contribution >= 0.6 is 27.7 Å². The third-order valence-electron chi connectivity index (χ3n) is 6.26. The predicted octanol–water partition coefficient (Wildman–Crippen LogP) is 6.14. The van der Waals surface area contributed by atoms with Crippen molar-refractivity contribution >= 4 is 56.3 Å². The molecule has 3 N–H and O–H groups in total. The number of rotatable bonds is 10. The van der Waals surface area contributed by atoms with Crippen LogP contribution in [0.15, 0.2) is 99.7 Å². The van der Waals surface area contributed by atoms with Gasteiger partial charge >= 0.3 is 0 Å². The zero-order valence-electron chi connectivity index (χ0n) is 22.3. The van der Waals surface area contributed by atoms with E-state index < -0.39 is 5.25 Å². The zero-order chi connectivity index (χ0) is 28.8. The molecule has 1 atom stereocenters. The molecule has 0 radical (unpaired) electrons. The minimum Gasteiger partial charge on any atom is -0.504 e. The van der Waals surface area contributed by atoms with Gasteiger partial charge in [-0.3, -0.25) is 9.36 Å². The van der Waals surface area contributed by atoms with E-state index >= 15 is 0 Å². The third-order valence-corrected chi connectivity index (χ3v) is 7.76. The number of phenolic OH excluding ortho intramolecular Hbond substituents is 1. The predicted molar refractivity (Wildman–Crippen MR) is 166 cm³/mol. The van der Waals surface area contributed by atoms with Crippen molar-refractivity contribution in [1.82, 2.24) is 20.2 Å². The molecule has 0 spiro atoms. The second kappa shape index (κ2) is 12.9. The maximum atomic E-state index is 12.9. The number of aromatic nitrogens is 3. The standard InChI is InChI=1S/C30H27BrN6O3S/c1-19(29(39)35-33-17-21-15-22(31)16-26(40-2)28(21)38)41-30-36-34-27(37(30)23-11-4-3-5-12-23)18-32-25-14-8-10-20-9-6-7-13-24(20)25/h3-17,19,32,38H,18H2,1-2H3,(H,35,39)/b33-17-/t19-/m0/s1. The molecule has 1 amide bonds. The first-order valence-electron chi connectivity index (χ1n) is 12.7. The first-order valence-corrected chi connectivity index (χ1v) is 14.4. The highest BCUT2D eigenvalue weighted by molar-refractivity contribution is 9.10. The molecule has 9 nitrogen and oxygen atoms in total. The normalized spacial score (nSPS) is 12.0. The van der Waals surface area contributed by atoms with Gasteiger partial charge in [0.2, 0.25) is 0 Å². The van der Waals surface area contributed by atoms with Crippen LogP contribution in [0.5, 0.6) is 11.5 Å². The van der Waals surface area contributed by atoms with Crippen LogP contribution in [0.2, 0.25) is 0 Å². The number of nitrogens with zero attached hydrogens (tertiary/aromatic N) is 4. The Labute approximate surface area is 249 Å². The Bertz CT molecular complexity index is 1700. The molecule has 0 saturated carbocycles. The number of halogens is 1. The van der Waals surface area contributed by atoms with Crippen LogP contribution in [0, 0.1) is 0 Å². The molecule has 1 heterocycles. The summed E-state index contributed by atoms with van der Waals surface area (Å²) in [6.07, 6.45) is 1.36. The van der Waals surface area contributed by atoms with Crippen LogP contribution in [0.1, 0.15) is 18.3 Å². The molecule has 41 heavy (non-hydrogen) atoms. The summed E-state index contributed by atoms with van der Waals surface area (Å²) in [6.45, 7) is 2.20. The van der Waals surface area contributed by atoms with Crippen LogP contribution < -0.4 is 15.5 Å². The molecule has 0 aliphatic heterocycles. The molecule has 5 rings (SSSR count). The molecule has 0 aliphatic carbocycles. The fourth-order valence-corrected chi connectivity index (χ4v) is 5.53. The van der Waals surface area contributed by atoms with Crippen molar-refractivity contribution in [3.8, 4) is 17.2 Å². The van der Waals surface area contributed by atoms with Crippen molar-refractivity contribution in [2.75, 3.05) is 12.4 Å². The Morgan fingerprint density at radius 3 is 2.66 bits per heavy atom. The lowest BCUT2D eigenvalue weighted by atomic mass is 10.1. The third kappa shape index (κ3) is 6.53. The van der Waals surface area contributed by atoms with Gasteiger partial charge in [-0.15, -0.1) is 10.2 Å². The number of ether oxygens (including phenoxy) is 1. The molecule has 11 heteroatoms.